The molecule has 126 heavy (non-hydrogen) atoms. The van der Waals surface area contributed by atoms with E-state index in [-0.39, 0.29) is 146 Å². The fourth-order valence-electron chi connectivity index (χ4n) is 20.5. The van der Waals surface area contributed by atoms with Crippen molar-refractivity contribution in [1.29, 1.82) is 0 Å². The van der Waals surface area contributed by atoms with Gasteiger partial charge in [-0.2, -0.15) is 55.7 Å². The van der Waals surface area contributed by atoms with Crippen LogP contribution in [0.2, 0.25) is 29.7 Å². The topological polar surface area (TPSA) is 98.2 Å². The van der Waals surface area contributed by atoms with Gasteiger partial charge in [0.1, 0.15) is 19.0 Å². The summed E-state index contributed by atoms with van der Waals surface area (Å²) in [7, 11) is 7.10. The van der Waals surface area contributed by atoms with Crippen LogP contribution < -0.4 is 35.4 Å². The van der Waals surface area contributed by atoms with Crippen LogP contribution in [0.3, 0.4) is 0 Å². The molecule has 3 saturated carbocycles. The Bertz CT molecular complexity index is 4660. The Balaban J connectivity index is 0.000000286. The molecule has 17 heteroatoms. The van der Waals surface area contributed by atoms with Gasteiger partial charge < -0.3 is 75.6 Å². The van der Waals surface area contributed by atoms with Gasteiger partial charge in [0.25, 0.3) is 0 Å². The maximum Gasteiger partial charge on any atom is 3.00 e. The number of ether oxygens (including phenoxy) is 5. The van der Waals surface area contributed by atoms with E-state index in [0.717, 1.165) is 57.8 Å². The minimum Gasteiger partial charge on any atom is -0.660 e. The van der Waals surface area contributed by atoms with Crippen molar-refractivity contribution in [1.82, 2.24) is 0 Å². The molecule has 6 aliphatic carbocycles. The molecule has 0 bridgehead atoms. The molecule has 0 aromatic heterocycles. The molecule has 12 atom stereocenters. The van der Waals surface area contributed by atoms with Crippen LogP contribution in [0.15, 0.2) is 284 Å². The van der Waals surface area contributed by atoms with E-state index >= 15 is 0 Å². The van der Waals surface area contributed by atoms with E-state index in [2.05, 4.69) is 339 Å². The summed E-state index contributed by atoms with van der Waals surface area (Å²) in [6.07, 6.45) is 20.0. The molecule has 8 aromatic carbocycles. The van der Waals surface area contributed by atoms with E-state index in [9.17, 15) is 0 Å². The third kappa shape index (κ3) is 27.5. The zero-order valence-corrected chi connectivity index (χ0v) is 89.7. The van der Waals surface area contributed by atoms with E-state index in [4.69, 9.17) is 38.6 Å². The first-order valence-electron chi connectivity index (χ1n) is 43.5. The Morgan fingerprint density at radius 3 is 1.13 bits per heavy atom. The fourth-order valence-corrected chi connectivity index (χ4v) is 36.6. The number of aryl methyl sites for hydroxylation is 2. The van der Waals surface area contributed by atoms with Crippen molar-refractivity contribution in [2.24, 2.45) is 47.3 Å². The van der Waals surface area contributed by atoms with Crippen molar-refractivity contribution in [3.05, 3.63) is 375 Å². The van der Waals surface area contributed by atoms with Gasteiger partial charge >= 0.3 is 107 Å². The number of benzene rings is 8. The Hall–Kier alpha value is -5.67. The summed E-state index contributed by atoms with van der Waals surface area (Å²) in [4.78, 5) is 23.2. The molecule has 0 spiro atoms. The second kappa shape index (κ2) is 48.6. The van der Waals surface area contributed by atoms with Crippen molar-refractivity contribution in [2.75, 3.05) is 84.1 Å². The molecule has 8 aliphatic rings. The second-order valence-electron chi connectivity index (χ2n) is 38.4. The van der Waals surface area contributed by atoms with Crippen LogP contribution in [-0.4, -0.2) is 111 Å². The summed E-state index contributed by atoms with van der Waals surface area (Å²) < 4.78 is 28.9. The summed E-state index contributed by atoms with van der Waals surface area (Å²) in [5, 5.41) is 5.66. The number of para-hydroxylation sites is 3. The number of methoxy groups -OCH3 is 1. The maximum atomic E-state index is 6.05. The van der Waals surface area contributed by atoms with Crippen molar-refractivity contribution < 1.29 is 131 Å². The molecule has 2 aliphatic heterocycles. The Morgan fingerprint density at radius 1 is 0.405 bits per heavy atom. The van der Waals surface area contributed by atoms with E-state index in [0.29, 0.717) is 84.0 Å². The Labute approximate surface area is 851 Å². The minimum atomic E-state index is -2.61. The molecular formula is C109H147ErLuN6O5Si3Y. The SMILES string of the molecule is CC1CC2C=C3OCCOC3=CC2C1[Si]([N-]C(C)(C)C)(c1ccccc1)c1ccccc1.CC1CC2C=C3OCOC3=CC2C1[Si](C)(C)[N-]C(C)(C)C.COC1=CC2C(c3ccccc3)CC([Si]([N-]C(C)(C)C)(c3ccc(C)cc3)c3ccc(C)cc3)C2C=C1.[CH2-]c1ccccc1N(C)C.[CH2-]c1ccccc1N(C)C.[CH2-]c1ccccc1N(C)C.[CH3-].[CH3-].[CH3-].[Er+3].[Lu+3].[Y+3]. The second-order valence-corrected chi connectivity index (χ2v) is 49.8. The molecule has 2 saturated heterocycles. The quantitative estimate of drug-likeness (QED) is 0.0740. The van der Waals surface area contributed by atoms with Gasteiger partial charge in [-0.3, -0.25) is 0 Å². The average molecular weight is 2140 g/mol. The number of rotatable bonds is 15. The van der Waals surface area contributed by atoms with Gasteiger partial charge in [-0.25, -0.2) is 0 Å². The van der Waals surface area contributed by atoms with Crippen LogP contribution in [-0.2, 0) is 56.4 Å². The van der Waals surface area contributed by atoms with Crippen LogP contribution in [0.1, 0.15) is 135 Å². The smallest absolute Gasteiger partial charge is 0.660 e. The molecule has 1 radical (unpaired) electrons. The number of fused-ring (bicyclic) bond motifs is 5. The Morgan fingerprint density at radius 2 is 0.746 bits per heavy atom. The summed E-state index contributed by atoms with van der Waals surface area (Å²) in [6.45, 7) is 47.7. The third-order valence-electron chi connectivity index (χ3n) is 24.8. The summed E-state index contributed by atoms with van der Waals surface area (Å²) >= 11 is 0. The molecule has 8 aromatic rings. The summed E-state index contributed by atoms with van der Waals surface area (Å²) in [5.41, 5.74) is 12.1. The maximum absolute atomic E-state index is 6.05. The number of allylic oxidation sites excluding steroid dienone is 7. The number of hydrogen-bond donors (Lipinski definition) is 0. The Kier molecular flexibility index (Phi) is 42.8. The molecule has 11 nitrogen and oxygen atoms in total. The molecule has 685 valence electrons. The van der Waals surface area contributed by atoms with Gasteiger partial charge in [-0.05, 0) is 182 Å². The zero-order chi connectivity index (χ0) is 86.7. The van der Waals surface area contributed by atoms with E-state index in [1.807, 2.05) is 96.9 Å². The third-order valence-corrected chi connectivity index (χ3v) is 39.1. The van der Waals surface area contributed by atoms with Crippen molar-refractivity contribution >= 4 is 62.5 Å². The van der Waals surface area contributed by atoms with Gasteiger partial charge in [-0.1, -0.05) is 334 Å². The molecule has 12 unspecified atom stereocenters. The number of anilines is 3. The molecule has 5 fully saturated rings. The van der Waals surface area contributed by atoms with Crippen molar-refractivity contribution in [3.8, 4) is 0 Å². The van der Waals surface area contributed by atoms with Gasteiger partial charge in [0, 0.05) is 16.5 Å². The van der Waals surface area contributed by atoms with E-state index in [1.165, 1.54) is 67.3 Å². The zero-order valence-electron chi connectivity index (χ0n) is 80.4. The van der Waals surface area contributed by atoms with Crippen LogP contribution >= 0.6 is 0 Å². The molecule has 0 amide bonds. The van der Waals surface area contributed by atoms with Crippen molar-refractivity contribution in [3.63, 3.8) is 0 Å². The van der Waals surface area contributed by atoms with E-state index < -0.39 is 24.7 Å². The minimum absolute atomic E-state index is 0. The first kappa shape index (κ1) is 111. The standard InChI is InChI=1S/C34H40NOSi.C28H34NO2Si.C17H28NO2Si.3C9H12N.3CH3.Er.Lu.Y/c1-24-12-17-28(18-13-24)37(35-34(3,4)5,29-19-14-25(2)15-20-29)33-23-31(26-10-8-7-9-11-26)32-22-27(36-6)16-21-30(32)33;1-20-17-21-18-25-26(31-16-15-30-25)19-24(21)27(20)32(29-28(2,3)4,22-11-7-5-8-12-22)23-13-9-6-10-14-23;1-11-7-12-8-14-15(20-10-19-14)9-13(12)16(11)21(5,6)18-17(2,3)4;3*1-8-6-4-5-7-9(8)10(2)3;;;;;;/h7-22,30-33H,23H2,1-6H3;5-14,18-21,24,27H,15-17H2,1-4H3;8-9,11-13,16H,7,10H2,1-6H3;3*4-7H,1H2,2-3H3;3*1H3;;;/q9*-1;3*+3. The van der Waals surface area contributed by atoms with Crippen LogP contribution in [0.4, 0.5) is 17.1 Å². The molecular weight excluding hydrogens is 1990 g/mol. The molecule has 16 rings (SSSR count). The predicted octanol–water partition coefficient (Wildman–Crippen LogP) is 24.8. The monoisotopic (exact) mass is 2130 g/mol. The van der Waals surface area contributed by atoms with Gasteiger partial charge in [0.15, 0.2) is 23.0 Å². The molecule has 2 heterocycles. The average Bonchev–Trinajstić information content (AvgIpc) is 1.54. The first-order chi connectivity index (χ1) is 56.9. The van der Waals surface area contributed by atoms with Gasteiger partial charge in [0.2, 0.25) is 6.79 Å². The van der Waals surface area contributed by atoms with E-state index in [1.54, 1.807) is 7.11 Å². The van der Waals surface area contributed by atoms with Crippen LogP contribution in [0.25, 0.3) is 14.9 Å². The van der Waals surface area contributed by atoms with Crippen LogP contribution in [0, 0.1) is 178 Å². The van der Waals surface area contributed by atoms with Gasteiger partial charge in [0.05, 0.1) is 7.11 Å². The van der Waals surface area contributed by atoms with Crippen LogP contribution in [0.5, 0.6) is 0 Å². The molecule has 0 N–H and O–H groups in total. The fraction of sp³-hybridized carbons (Fsp3) is 0.394. The number of hydrogen-bond acceptors (Lipinski definition) is 8. The summed E-state index contributed by atoms with van der Waals surface area (Å²) in [6, 6.07) is 76.3. The predicted molar refractivity (Wildman–Crippen MR) is 536 cm³/mol. The largest absolute Gasteiger partial charge is 3.00 e. The normalized spacial score (nSPS) is 22.0. The van der Waals surface area contributed by atoms with Crippen molar-refractivity contribution in [2.45, 2.75) is 162 Å². The van der Waals surface area contributed by atoms with Gasteiger partial charge in [-0.15, -0.1) is 34.8 Å². The number of nitrogens with zero attached hydrogens (tertiary/aromatic N) is 6. The first-order valence-corrected chi connectivity index (χ1v) is 50.6. The summed E-state index contributed by atoms with van der Waals surface area (Å²) in [5.74, 6) is 9.38.